The smallest absolute Gasteiger partial charge is 0.180 e. The summed E-state index contributed by atoms with van der Waals surface area (Å²) in [7, 11) is 0. The van der Waals surface area contributed by atoms with E-state index in [2.05, 4.69) is 18.3 Å². The van der Waals surface area contributed by atoms with E-state index in [9.17, 15) is 4.79 Å². The highest BCUT2D eigenvalue weighted by Gasteiger charge is 2.25. The van der Waals surface area contributed by atoms with Crippen LogP contribution < -0.4 is 10.1 Å². The van der Waals surface area contributed by atoms with Crippen LogP contribution in [0.5, 0.6) is 5.75 Å². The molecule has 3 rings (SSSR count). The predicted molar refractivity (Wildman–Crippen MR) is 81.8 cm³/mol. The molecule has 0 radical (unpaired) electrons. The summed E-state index contributed by atoms with van der Waals surface area (Å²) < 4.78 is 5.79. The van der Waals surface area contributed by atoms with Crippen molar-refractivity contribution in [2.24, 2.45) is 0 Å². The summed E-state index contributed by atoms with van der Waals surface area (Å²) in [4.78, 5) is 14.8. The molecule has 0 bridgehead atoms. The number of rotatable bonds is 4. The number of ether oxygens (including phenoxy) is 1. The minimum absolute atomic E-state index is 0.136. The molecule has 0 amide bonds. The summed E-state index contributed by atoms with van der Waals surface area (Å²) in [5, 5.41) is 3.25. The second kappa shape index (κ2) is 5.67. The van der Waals surface area contributed by atoms with Crippen molar-refractivity contribution in [3.05, 3.63) is 46.2 Å². The molecule has 2 aromatic rings. The largest absolute Gasteiger partial charge is 0.479 e. The number of ketones is 1. The molecule has 0 fully saturated rings. The van der Waals surface area contributed by atoms with Crippen LogP contribution in [-0.2, 0) is 17.6 Å². The first-order chi connectivity index (χ1) is 9.76. The Morgan fingerprint density at radius 3 is 2.90 bits per heavy atom. The minimum atomic E-state index is -0.392. The van der Waals surface area contributed by atoms with Gasteiger partial charge in [-0.2, -0.15) is 0 Å². The van der Waals surface area contributed by atoms with E-state index >= 15 is 0 Å². The third-order valence-electron chi connectivity index (χ3n) is 3.41. The van der Waals surface area contributed by atoms with Gasteiger partial charge in [0.1, 0.15) is 5.75 Å². The van der Waals surface area contributed by atoms with Crippen molar-refractivity contribution in [3.8, 4) is 5.75 Å². The molecule has 1 atom stereocenters. The number of para-hydroxylation sites is 2. The molecule has 0 aliphatic carbocycles. The van der Waals surface area contributed by atoms with Crippen molar-refractivity contribution >= 4 is 22.8 Å². The number of Topliss-reactive ketones (excluding diaryl/α,β-unsaturated/α-hetero) is 1. The molecule has 104 valence electrons. The molecule has 1 aliphatic heterocycles. The van der Waals surface area contributed by atoms with Crippen LogP contribution >= 0.6 is 11.3 Å². The number of carbonyl (C=O) groups excluding carboxylic acids is 1. The standard InChI is InChI=1S/C16H17NO2S/c1-2-11-7-8-12(20-11)9-14(18)16-10-17-13-5-3-4-6-15(13)19-16/h3-8,16-17H,2,9-10H2,1H3. The van der Waals surface area contributed by atoms with Gasteiger partial charge in [-0.05, 0) is 30.7 Å². The predicted octanol–water partition coefficient (Wildman–Crippen LogP) is 3.30. The fourth-order valence-electron chi connectivity index (χ4n) is 2.29. The Kier molecular flexibility index (Phi) is 3.74. The first-order valence-electron chi connectivity index (χ1n) is 6.86. The SMILES string of the molecule is CCc1ccc(CC(=O)C2CNc3ccccc3O2)s1. The van der Waals surface area contributed by atoms with E-state index in [0.29, 0.717) is 13.0 Å². The molecule has 1 aliphatic rings. The normalized spacial score (nSPS) is 16.9. The van der Waals surface area contributed by atoms with E-state index in [1.165, 1.54) is 4.88 Å². The fourth-order valence-corrected chi connectivity index (χ4v) is 3.25. The third kappa shape index (κ3) is 2.70. The van der Waals surface area contributed by atoms with Gasteiger partial charge in [-0.25, -0.2) is 0 Å². The summed E-state index contributed by atoms with van der Waals surface area (Å²) in [6, 6.07) is 11.9. The van der Waals surface area contributed by atoms with Gasteiger partial charge in [0.05, 0.1) is 12.2 Å². The number of thiophene rings is 1. The van der Waals surface area contributed by atoms with Crippen LogP contribution in [-0.4, -0.2) is 18.4 Å². The van der Waals surface area contributed by atoms with Crippen LogP contribution in [0, 0.1) is 0 Å². The number of anilines is 1. The highest BCUT2D eigenvalue weighted by atomic mass is 32.1. The van der Waals surface area contributed by atoms with Gasteiger partial charge in [0.15, 0.2) is 11.9 Å². The van der Waals surface area contributed by atoms with Crippen LogP contribution in [0.3, 0.4) is 0 Å². The first-order valence-corrected chi connectivity index (χ1v) is 7.67. The van der Waals surface area contributed by atoms with Crippen molar-refractivity contribution in [1.82, 2.24) is 0 Å². The topological polar surface area (TPSA) is 38.3 Å². The maximum absolute atomic E-state index is 12.3. The lowest BCUT2D eigenvalue weighted by atomic mass is 10.1. The zero-order chi connectivity index (χ0) is 13.9. The second-order valence-electron chi connectivity index (χ2n) is 4.85. The lowest BCUT2D eigenvalue weighted by Gasteiger charge is -2.26. The van der Waals surface area contributed by atoms with Gasteiger partial charge in [0, 0.05) is 16.2 Å². The Bertz CT molecular complexity index is 620. The Labute approximate surface area is 122 Å². The monoisotopic (exact) mass is 287 g/mol. The maximum atomic E-state index is 12.3. The molecule has 1 aromatic heterocycles. The van der Waals surface area contributed by atoms with Crippen LogP contribution in [0.4, 0.5) is 5.69 Å². The van der Waals surface area contributed by atoms with Gasteiger partial charge in [0.25, 0.3) is 0 Å². The number of aryl methyl sites for hydroxylation is 1. The first kappa shape index (κ1) is 13.2. The van der Waals surface area contributed by atoms with Crippen molar-refractivity contribution in [1.29, 1.82) is 0 Å². The maximum Gasteiger partial charge on any atom is 0.180 e. The summed E-state index contributed by atoms with van der Waals surface area (Å²) >= 11 is 1.71. The van der Waals surface area contributed by atoms with Gasteiger partial charge in [-0.3, -0.25) is 4.79 Å². The number of hydrogen-bond acceptors (Lipinski definition) is 4. The number of nitrogens with one attached hydrogen (secondary N) is 1. The van der Waals surface area contributed by atoms with Gasteiger partial charge >= 0.3 is 0 Å². The molecule has 0 saturated carbocycles. The van der Waals surface area contributed by atoms with E-state index in [1.54, 1.807) is 11.3 Å². The molecule has 4 heteroatoms. The second-order valence-corrected chi connectivity index (χ2v) is 6.10. The van der Waals surface area contributed by atoms with Crippen molar-refractivity contribution in [3.63, 3.8) is 0 Å². The van der Waals surface area contributed by atoms with Crippen LogP contribution in [0.1, 0.15) is 16.7 Å². The number of carbonyl (C=O) groups is 1. The zero-order valence-corrected chi connectivity index (χ0v) is 12.2. The van der Waals surface area contributed by atoms with Crippen LogP contribution in [0.25, 0.3) is 0 Å². The van der Waals surface area contributed by atoms with E-state index in [0.717, 1.165) is 22.7 Å². The molecule has 0 saturated heterocycles. The third-order valence-corrected chi connectivity index (χ3v) is 4.64. The summed E-state index contributed by atoms with van der Waals surface area (Å²) in [6.45, 7) is 2.67. The average Bonchev–Trinajstić information content (AvgIpc) is 2.94. The molecule has 0 spiro atoms. The molecular weight excluding hydrogens is 270 g/mol. The zero-order valence-electron chi connectivity index (χ0n) is 11.4. The quantitative estimate of drug-likeness (QED) is 0.937. The molecule has 1 aromatic carbocycles. The molecular formula is C16H17NO2S. The van der Waals surface area contributed by atoms with Crippen LogP contribution in [0.15, 0.2) is 36.4 Å². The number of fused-ring (bicyclic) bond motifs is 1. The van der Waals surface area contributed by atoms with Crippen LogP contribution in [0.2, 0.25) is 0 Å². The summed E-state index contributed by atoms with van der Waals surface area (Å²) in [5.74, 6) is 0.897. The van der Waals surface area contributed by atoms with E-state index < -0.39 is 6.10 Å². The van der Waals surface area contributed by atoms with E-state index in [-0.39, 0.29) is 5.78 Å². The Morgan fingerprint density at radius 2 is 2.10 bits per heavy atom. The number of benzene rings is 1. The van der Waals surface area contributed by atoms with Gasteiger partial charge < -0.3 is 10.1 Å². The Hall–Kier alpha value is -1.81. The average molecular weight is 287 g/mol. The highest BCUT2D eigenvalue weighted by molar-refractivity contribution is 7.12. The minimum Gasteiger partial charge on any atom is -0.479 e. The Balaban J connectivity index is 1.67. The van der Waals surface area contributed by atoms with Gasteiger partial charge in [0.2, 0.25) is 0 Å². The van der Waals surface area contributed by atoms with Crippen molar-refractivity contribution in [2.45, 2.75) is 25.9 Å². The molecule has 20 heavy (non-hydrogen) atoms. The fraction of sp³-hybridized carbons (Fsp3) is 0.312. The Morgan fingerprint density at radius 1 is 1.30 bits per heavy atom. The molecule has 3 nitrogen and oxygen atoms in total. The van der Waals surface area contributed by atoms with Gasteiger partial charge in [-0.15, -0.1) is 11.3 Å². The van der Waals surface area contributed by atoms with E-state index in [1.807, 2.05) is 30.3 Å². The highest BCUT2D eigenvalue weighted by Crippen LogP contribution is 2.29. The van der Waals surface area contributed by atoms with Crippen molar-refractivity contribution < 1.29 is 9.53 Å². The summed E-state index contributed by atoms with van der Waals surface area (Å²) in [5.41, 5.74) is 0.959. The lowest BCUT2D eigenvalue weighted by molar-refractivity contribution is -0.124. The molecule has 1 unspecified atom stereocenters. The summed E-state index contributed by atoms with van der Waals surface area (Å²) in [6.07, 6.45) is 1.09. The number of hydrogen-bond donors (Lipinski definition) is 1. The van der Waals surface area contributed by atoms with E-state index in [4.69, 9.17) is 4.74 Å². The lowest BCUT2D eigenvalue weighted by Crippen LogP contribution is -2.38. The molecule has 2 heterocycles. The van der Waals surface area contributed by atoms with Gasteiger partial charge in [-0.1, -0.05) is 19.1 Å². The van der Waals surface area contributed by atoms with Crippen molar-refractivity contribution in [2.75, 3.05) is 11.9 Å². The molecule has 1 N–H and O–H groups in total.